The first-order chi connectivity index (χ1) is 12.5. The highest BCUT2D eigenvalue weighted by molar-refractivity contribution is 7.98. The Morgan fingerprint density at radius 2 is 1.92 bits per heavy atom. The highest BCUT2D eigenvalue weighted by atomic mass is 32.2. The molecular weight excluding hydrogens is 355 g/mol. The Hall–Kier alpha value is -1.89. The molecule has 3 amide bonds. The van der Waals surface area contributed by atoms with Crippen LogP contribution in [-0.2, 0) is 14.4 Å². The average Bonchev–Trinajstić information content (AvgIpc) is 2.87. The highest BCUT2D eigenvalue weighted by Crippen LogP contribution is 2.39. The molecule has 1 aromatic rings. The summed E-state index contributed by atoms with van der Waals surface area (Å²) in [6, 6.07) is 4.75. The number of likely N-dealkylation sites (tertiary alicyclic amines) is 1. The van der Waals surface area contributed by atoms with E-state index < -0.39 is 17.8 Å². The predicted octanol–water partition coefficient (Wildman–Crippen LogP) is 3.06. The Morgan fingerprint density at radius 3 is 2.50 bits per heavy atom. The number of fused-ring (bicyclic) bond motifs is 1. The molecule has 1 aromatic carbocycles. The van der Waals surface area contributed by atoms with E-state index in [9.17, 15) is 18.8 Å². The lowest BCUT2D eigenvalue weighted by Crippen LogP contribution is -2.48. The van der Waals surface area contributed by atoms with Crippen LogP contribution in [-0.4, -0.2) is 40.7 Å². The minimum Gasteiger partial charge on any atom is -0.324 e. The number of benzene rings is 1. The van der Waals surface area contributed by atoms with Crippen LogP contribution in [0.1, 0.15) is 32.1 Å². The normalized spacial score (nSPS) is 23.7. The van der Waals surface area contributed by atoms with Crippen molar-refractivity contribution in [3.63, 3.8) is 0 Å². The fourth-order valence-electron chi connectivity index (χ4n) is 3.89. The Bertz CT molecular complexity index is 688. The van der Waals surface area contributed by atoms with Gasteiger partial charge in [-0.25, -0.2) is 4.39 Å². The molecule has 0 bridgehead atoms. The van der Waals surface area contributed by atoms with Gasteiger partial charge in [0.15, 0.2) is 0 Å². The first-order valence-corrected chi connectivity index (χ1v) is 10.3. The second-order valence-corrected chi connectivity index (χ2v) is 7.83. The molecule has 7 heteroatoms. The molecule has 1 saturated carbocycles. The van der Waals surface area contributed by atoms with Gasteiger partial charge in [-0.15, -0.1) is 0 Å². The zero-order valence-electron chi connectivity index (χ0n) is 14.7. The molecule has 1 aliphatic heterocycles. The summed E-state index contributed by atoms with van der Waals surface area (Å²) >= 11 is 1.55. The van der Waals surface area contributed by atoms with E-state index in [0.717, 1.165) is 12.8 Å². The molecule has 1 aliphatic carbocycles. The molecule has 2 aliphatic rings. The van der Waals surface area contributed by atoms with Crippen LogP contribution in [0.2, 0.25) is 0 Å². The zero-order chi connectivity index (χ0) is 18.7. The Kier molecular flexibility index (Phi) is 5.96. The summed E-state index contributed by atoms with van der Waals surface area (Å²) < 4.78 is 13.4. The van der Waals surface area contributed by atoms with Crippen LogP contribution in [0.4, 0.5) is 10.1 Å². The monoisotopic (exact) mass is 378 g/mol. The fraction of sp³-hybridized carbons (Fsp3) is 0.526. The van der Waals surface area contributed by atoms with Crippen LogP contribution in [0.5, 0.6) is 0 Å². The molecule has 140 valence electrons. The lowest BCUT2D eigenvalue weighted by atomic mass is 9.81. The van der Waals surface area contributed by atoms with E-state index in [1.54, 1.807) is 17.8 Å². The van der Waals surface area contributed by atoms with E-state index in [0.29, 0.717) is 30.7 Å². The second-order valence-electron chi connectivity index (χ2n) is 6.84. The van der Waals surface area contributed by atoms with Crippen molar-refractivity contribution in [3.8, 4) is 0 Å². The number of hydrogen-bond donors (Lipinski definition) is 1. The van der Waals surface area contributed by atoms with Crippen molar-refractivity contribution < 1.29 is 18.8 Å². The van der Waals surface area contributed by atoms with Gasteiger partial charge in [-0.2, -0.15) is 11.8 Å². The van der Waals surface area contributed by atoms with Crippen molar-refractivity contribution in [2.75, 3.05) is 17.3 Å². The topological polar surface area (TPSA) is 66.5 Å². The number of hydrogen-bond acceptors (Lipinski definition) is 4. The average molecular weight is 378 g/mol. The van der Waals surface area contributed by atoms with Crippen LogP contribution in [0.15, 0.2) is 24.3 Å². The molecule has 1 heterocycles. The summed E-state index contributed by atoms with van der Waals surface area (Å²) in [5.74, 6) is -1.26. The largest absolute Gasteiger partial charge is 0.324 e. The molecule has 0 radical (unpaired) electrons. The standard InChI is InChI=1S/C19H23FN2O3S/c1-26-10-9-16(17(23)21-13-6-4-5-12(20)11-13)22-18(24)14-7-2-3-8-15(14)19(22)25/h4-6,11,14-16H,2-3,7-10H2,1H3,(H,21,23). The van der Waals surface area contributed by atoms with E-state index >= 15 is 0 Å². The number of nitrogens with one attached hydrogen (secondary N) is 1. The molecule has 3 rings (SSSR count). The first-order valence-electron chi connectivity index (χ1n) is 8.95. The number of thioether (sulfide) groups is 1. The van der Waals surface area contributed by atoms with Crippen LogP contribution >= 0.6 is 11.8 Å². The Balaban J connectivity index is 1.81. The third-order valence-corrected chi connectivity index (χ3v) is 5.82. The van der Waals surface area contributed by atoms with E-state index in [1.807, 2.05) is 6.26 Å². The smallest absolute Gasteiger partial charge is 0.247 e. The molecule has 1 saturated heterocycles. The van der Waals surface area contributed by atoms with Crippen molar-refractivity contribution >= 4 is 35.2 Å². The molecule has 3 unspecified atom stereocenters. The zero-order valence-corrected chi connectivity index (χ0v) is 15.6. The quantitative estimate of drug-likeness (QED) is 0.773. The van der Waals surface area contributed by atoms with Gasteiger partial charge in [-0.3, -0.25) is 19.3 Å². The van der Waals surface area contributed by atoms with Gasteiger partial charge in [0, 0.05) is 5.69 Å². The molecule has 2 fully saturated rings. The van der Waals surface area contributed by atoms with Gasteiger partial charge in [0.1, 0.15) is 11.9 Å². The summed E-state index contributed by atoms with van der Waals surface area (Å²) in [7, 11) is 0. The molecule has 26 heavy (non-hydrogen) atoms. The number of rotatable bonds is 6. The third-order valence-electron chi connectivity index (χ3n) is 5.18. The summed E-state index contributed by atoms with van der Waals surface area (Å²) in [5, 5.41) is 2.66. The van der Waals surface area contributed by atoms with Crippen molar-refractivity contribution in [3.05, 3.63) is 30.1 Å². The van der Waals surface area contributed by atoms with Crippen molar-refractivity contribution in [1.82, 2.24) is 4.90 Å². The lowest BCUT2D eigenvalue weighted by Gasteiger charge is -2.25. The van der Waals surface area contributed by atoms with Crippen molar-refractivity contribution in [2.45, 2.75) is 38.1 Å². The van der Waals surface area contributed by atoms with E-state index in [2.05, 4.69) is 5.32 Å². The van der Waals surface area contributed by atoms with E-state index in [1.165, 1.54) is 23.1 Å². The van der Waals surface area contributed by atoms with Gasteiger partial charge < -0.3 is 5.32 Å². The van der Waals surface area contributed by atoms with E-state index in [4.69, 9.17) is 0 Å². The van der Waals surface area contributed by atoms with Crippen LogP contribution in [0, 0.1) is 17.7 Å². The minimum absolute atomic E-state index is 0.222. The second kappa shape index (κ2) is 8.20. The maximum atomic E-state index is 13.4. The minimum atomic E-state index is -0.851. The molecule has 0 spiro atoms. The highest BCUT2D eigenvalue weighted by Gasteiger charge is 2.51. The van der Waals surface area contributed by atoms with Gasteiger partial charge in [0.2, 0.25) is 17.7 Å². The molecule has 1 N–H and O–H groups in total. The van der Waals surface area contributed by atoms with Gasteiger partial charge in [-0.1, -0.05) is 18.9 Å². The number of imide groups is 1. The summed E-state index contributed by atoms with van der Waals surface area (Å²) in [5.41, 5.74) is 0.320. The third kappa shape index (κ3) is 3.77. The number of carbonyl (C=O) groups excluding carboxylic acids is 3. The van der Waals surface area contributed by atoms with Gasteiger partial charge >= 0.3 is 0 Å². The molecular formula is C19H23FN2O3S. The molecule has 3 atom stereocenters. The van der Waals surface area contributed by atoms with Crippen LogP contribution in [0.25, 0.3) is 0 Å². The number of halogens is 1. The lowest BCUT2D eigenvalue weighted by molar-refractivity contribution is -0.146. The van der Waals surface area contributed by atoms with Gasteiger partial charge in [0.05, 0.1) is 11.8 Å². The van der Waals surface area contributed by atoms with Gasteiger partial charge in [0.25, 0.3) is 0 Å². The fourth-order valence-corrected chi connectivity index (χ4v) is 4.35. The van der Waals surface area contributed by atoms with Crippen LogP contribution in [0.3, 0.4) is 0 Å². The number of carbonyl (C=O) groups is 3. The Morgan fingerprint density at radius 1 is 1.27 bits per heavy atom. The van der Waals surface area contributed by atoms with Crippen LogP contribution < -0.4 is 5.32 Å². The maximum Gasteiger partial charge on any atom is 0.247 e. The summed E-state index contributed by atoms with van der Waals surface area (Å²) in [4.78, 5) is 39.7. The SMILES string of the molecule is CSCCC(C(=O)Nc1cccc(F)c1)N1C(=O)C2CCCCC2C1=O. The molecule has 0 aromatic heterocycles. The van der Waals surface area contributed by atoms with E-state index in [-0.39, 0.29) is 23.7 Å². The number of anilines is 1. The first kappa shape index (κ1) is 18.9. The van der Waals surface area contributed by atoms with Crippen molar-refractivity contribution in [1.29, 1.82) is 0 Å². The Labute approximate surface area is 156 Å². The maximum absolute atomic E-state index is 13.4. The van der Waals surface area contributed by atoms with Gasteiger partial charge in [-0.05, 0) is 49.5 Å². The number of amides is 3. The molecule has 5 nitrogen and oxygen atoms in total. The predicted molar refractivity (Wildman–Crippen MR) is 99.1 cm³/mol. The van der Waals surface area contributed by atoms with Crippen molar-refractivity contribution in [2.24, 2.45) is 11.8 Å². The number of nitrogens with zero attached hydrogens (tertiary/aromatic N) is 1. The summed E-state index contributed by atoms with van der Waals surface area (Å²) in [6.07, 6.45) is 5.62. The summed E-state index contributed by atoms with van der Waals surface area (Å²) in [6.45, 7) is 0.